The summed E-state index contributed by atoms with van der Waals surface area (Å²) >= 11 is 0. The fourth-order valence-corrected chi connectivity index (χ4v) is 1.62. The highest BCUT2D eigenvalue weighted by Crippen LogP contribution is 2.30. The number of carbonyl (C=O) groups is 1. The van der Waals surface area contributed by atoms with Gasteiger partial charge in [0.2, 0.25) is 0 Å². The highest BCUT2D eigenvalue weighted by Gasteiger charge is 2.23. The van der Waals surface area contributed by atoms with Crippen molar-refractivity contribution >= 4 is 5.91 Å². The van der Waals surface area contributed by atoms with Crippen molar-refractivity contribution in [1.29, 1.82) is 0 Å². The molecule has 2 rings (SSSR count). The Balaban J connectivity index is 2.02. The molecular formula is C14H19NO3. The number of hydrogen-bond acceptors (Lipinski definition) is 3. The number of rotatable bonds is 6. The number of amides is 1. The Bertz CT molecular complexity index is 415. The Morgan fingerprint density at radius 1 is 1.50 bits per heavy atom. The van der Waals surface area contributed by atoms with E-state index in [1.54, 1.807) is 19.1 Å². The third-order valence-corrected chi connectivity index (χ3v) is 2.95. The second-order valence-corrected chi connectivity index (χ2v) is 4.81. The maximum absolute atomic E-state index is 12.0. The average Bonchev–Trinajstić information content (AvgIpc) is 3.20. The van der Waals surface area contributed by atoms with E-state index in [0.29, 0.717) is 23.8 Å². The molecule has 1 aliphatic rings. The van der Waals surface area contributed by atoms with Crippen molar-refractivity contribution in [2.45, 2.75) is 25.8 Å². The molecule has 4 heteroatoms. The van der Waals surface area contributed by atoms with E-state index >= 15 is 0 Å². The maximum Gasteiger partial charge on any atom is 0.255 e. The summed E-state index contributed by atoms with van der Waals surface area (Å²) in [6.45, 7) is 2.36. The van der Waals surface area contributed by atoms with Crippen LogP contribution in [0.4, 0.5) is 0 Å². The molecule has 2 N–H and O–H groups in total. The molecule has 18 heavy (non-hydrogen) atoms. The zero-order valence-corrected chi connectivity index (χ0v) is 10.6. The molecule has 98 valence electrons. The van der Waals surface area contributed by atoms with Crippen molar-refractivity contribution in [3.63, 3.8) is 0 Å². The molecule has 0 heterocycles. The van der Waals surface area contributed by atoms with E-state index in [4.69, 9.17) is 9.84 Å². The molecule has 0 spiro atoms. The lowest BCUT2D eigenvalue weighted by Crippen LogP contribution is -2.35. The minimum atomic E-state index is -0.256. The molecule has 1 amide bonds. The molecule has 0 aliphatic heterocycles. The number of aliphatic hydroxyl groups is 1. The van der Waals surface area contributed by atoms with Gasteiger partial charge in [0.25, 0.3) is 5.91 Å². The summed E-state index contributed by atoms with van der Waals surface area (Å²) in [7, 11) is 0. The van der Waals surface area contributed by atoms with E-state index in [1.165, 1.54) is 12.8 Å². The number of aliphatic hydroxyl groups excluding tert-OH is 1. The third-order valence-electron chi connectivity index (χ3n) is 2.95. The molecule has 1 unspecified atom stereocenters. The van der Waals surface area contributed by atoms with Gasteiger partial charge < -0.3 is 15.2 Å². The molecule has 1 aromatic rings. The first-order valence-electron chi connectivity index (χ1n) is 6.34. The van der Waals surface area contributed by atoms with Gasteiger partial charge in [-0.15, -0.1) is 0 Å². The van der Waals surface area contributed by atoms with Crippen LogP contribution >= 0.6 is 0 Å². The highest BCUT2D eigenvalue weighted by molar-refractivity contribution is 5.97. The van der Waals surface area contributed by atoms with Crippen LogP contribution in [0, 0.1) is 5.92 Å². The van der Waals surface area contributed by atoms with Gasteiger partial charge in [-0.2, -0.15) is 0 Å². The summed E-state index contributed by atoms with van der Waals surface area (Å²) in [5.74, 6) is 1.06. The van der Waals surface area contributed by atoms with Crippen LogP contribution in [0.15, 0.2) is 24.3 Å². The fourth-order valence-electron chi connectivity index (χ4n) is 1.62. The lowest BCUT2D eigenvalue weighted by atomic mass is 10.1. The van der Waals surface area contributed by atoms with Crippen LogP contribution < -0.4 is 10.1 Å². The van der Waals surface area contributed by atoms with Gasteiger partial charge in [0.1, 0.15) is 5.75 Å². The average molecular weight is 249 g/mol. The predicted octanol–water partition coefficient (Wildman–Crippen LogP) is 1.59. The molecule has 1 atom stereocenters. The molecule has 0 bridgehead atoms. The van der Waals surface area contributed by atoms with Gasteiger partial charge in [-0.3, -0.25) is 4.79 Å². The minimum absolute atomic E-state index is 0.0726. The van der Waals surface area contributed by atoms with Gasteiger partial charge in [0.15, 0.2) is 0 Å². The maximum atomic E-state index is 12.0. The van der Waals surface area contributed by atoms with Crippen molar-refractivity contribution in [2.24, 2.45) is 5.92 Å². The van der Waals surface area contributed by atoms with E-state index in [2.05, 4.69) is 5.32 Å². The Labute approximate surface area is 107 Å². The van der Waals surface area contributed by atoms with Gasteiger partial charge in [-0.25, -0.2) is 0 Å². The lowest BCUT2D eigenvalue weighted by Gasteiger charge is -2.14. The van der Waals surface area contributed by atoms with Crippen LogP contribution in [0.5, 0.6) is 5.75 Å². The van der Waals surface area contributed by atoms with Gasteiger partial charge in [-0.1, -0.05) is 12.1 Å². The number of carbonyl (C=O) groups excluding carboxylic acids is 1. The Hall–Kier alpha value is -1.55. The van der Waals surface area contributed by atoms with Crippen molar-refractivity contribution < 1.29 is 14.6 Å². The molecule has 1 saturated carbocycles. The first-order chi connectivity index (χ1) is 8.70. The Kier molecular flexibility index (Phi) is 4.20. The van der Waals surface area contributed by atoms with E-state index in [9.17, 15) is 4.79 Å². The molecule has 0 saturated heterocycles. The van der Waals surface area contributed by atoms with Crippen LogP contribution in [0.1, 0.15) is 30.1 Å². The summed E-state index contributed by atoms with van der Waals surface area (Å²) in [4.78, 5) is 12.0. The summed E-state index contributed by atoms with van der Waals surface area (Å²) in [6, 6.07) is 6.95. The van der Waals surface area contributed by atoms with Gasteiger partial charge in [-0.05, 0) is 37.8 Å². The fraction of sp³-hybridized carbons (Fsp3) is 0.500. The highest BCUT2D eigenvalue weighted by atomic mass is 16.5. The molecule has 0 radical (unpaired) electrons. The molecule has 1 aliphatic carbocycles. The second kappa shape index (κ2) is 5.87. The quantitative estimate of drug-likeness (QED) is 0.805. The Morgan fingerprint density at radius 3 is 2.89 bits per heavy atom. The molecule has 1 fully saturated rings. The number of hydrogen-bond donors (Lipinski definition) is 2. The molecule has 1 aromatic carbocycles. The van der Waals surface area contributed by atoms with Crippen LogP contribution in [0.25, 0.3) is 0 Å². The van der Waals surface area contributed by atoms with Gasteiger partial charge >= 0.3 is 0 Å². The third kappa shape index (κ3) is 3.47. The first kappa shape index (κ1) is 12.9. The van der Waals surface area contributed by atoms with Crippen molar-refractivity contribution in [1.82, 2.24) is 5.32 Å². The predicted molar refractivity (Wildman–Crippen MR) is 68.7 cm³/mol. The van der Waals surface area contributed by atoms with E-state index in [0.717, 1.165) is 0 Å². The molecule has 0 aromatic heterocycles. The lowest BCUT2D eigenvalue weighted by molar-refractivity contribution is 0.0918. The van der Waals surface area contributed by atoms with E-state index in [-0.39, 0.29) is 18.6 Å². The zero-order chi connectivity index (χ0) is 13.0. The second-order valence-electron chi connectivity index (χ2n) is 4.81. The zero-order valence-electron chi connectivity index (χ0n) is 10.6. The topological polar surface area (TPSA) is 58.6 Å². The van der Waals surface area contributed by atoms with Crippen molar-refractivity contribution in [2.75, 3.05) is 13.2 Å². The smallest absolute Gasteiger partial charge is 0.255 e. The van der Waals surface area contributed by atoms with E-state index in [1.807, 2.05) is 12.1 Å². The van der Waals surface area contributed by atoms with Crippen LogP contribution in [-0.4, -0.2) is 30.3 Å². The summed E-state index contributed by atoms with van der Waals surface area (Å²) in [5.41, 5.74) is 0.526. The van der Waals surface area contributed by atoms with Gasteiger partial charge in [0, 0.05) is 6.04 Å². The summed E-state index contributed by atoms with van der Waals surface area (Å²) < 4.78 is 5.67. The molecular weight excluding hydrogens is 230 g/mol. The van der Waals surface area contributed by atoms with Gasteiger partial charge in [0.05, 0.1) is 18.8 Å². The number of nitrogens with one attached hydrogen (secondary N) is 1. The normalized spacial score (nSPS) is 16.1. The SMILES string of the molecule is CC(CO)NC(=O)c1ccccc1OCC1CC1. The van der Waals surface area contributed by atoms with Crippen molar-refractivity contribution in [3.8, 4) is 5.75 Å². The number of benzene rings is 1. The minimum Gasteiger partial charge on any atom is -0.492 e. The number of para-hydroxylation sites is 1. The van der Waals surface area contributed by atoms with Crippen molar-refractivity contribution in [3.05, 3.63) is 29.8 Å². The monoisotopic (exact) mass is 249 g/mol. The van der Waals surface area contributed by atoms with E-state index < -0.39 is 0 Å². The first-order valence-corrected chi connectivity index (χ1v) is 6.34. The summed E-state index contributed by atoms with van der Waals surface area (Å²) in [5, 5.41) is 11.7. The standard InChI is InChI=1S/C14H19NO3/c1-10(8-16)15-14(17)12-4-2-3-5-13(12)18-9-11-6-7-11/h2-5,10-11,16H,6-9H2,1H3,(H,15,17). The largest absolute Gasteiger partial charge is 0.492 e. The van der Waals surface area contributed by atoms with Crippen LogP contribution in [0.2, 0.25) is 0 Å². The molecule has 4 nitrogen and oxygen atoms in total. The summed E-state index contributed by atoms with van der Waals surface area (Å²) in [6.07, 6.45) is 2.44. The van der Waals surface area contributed by atoms with Crippen LogP contribution in [0.3, 0.4) is 0 Å². The van der Waals surface area contributed by atoms with Crippen LogP contribution in [-0.2, 0) is 0 Å². The Morgan fingerprint density at radius 2 is 2.22 bits per heavy atom. The number of ether oxygens (including phenoxy) is 1.